The number of aliphatic hydroxyl groups is 1. The first kappa shape index (κ1) is 14.1. The van der Waals surface area contributed by atoms with Gasteiger partial charge >= 0.3 is 0 Å². The number of halogens is 2. The molecule has 1 atom stereocenters. The van der Waals surface area contributed by atoms with Crippen molar-refractivity contribution >= 4 is 5.91 Å². The molecule has 0 saturated carbocycles. The van der Waals surface area contributed by atoms with Crippen molar-refractivity contribution in [2.75, 3.05) is 6.54 Å². The molecule has 0 radical (unpaired) electrons. The van der Waals surface area contributed by atoms with Crippen molar-refractivity contribution in [3.8, 4) is 0 Å². The van der Waals surface area contributed by atoms with Crippen LogP contribution in [-0.4, -0.2) is 22.5 Å². The Balaban J connectivity index is 1.96. The lowest BCUT2D eigenvalue weighted by Gasteiger charge is -2.12. The van der Waals surface area contributed by atoms with E-state index in [1.807, 2.05) is 0 Å². The summed E-state index contributed by atoms with van der Waals surface area (Å²) in [5, 5.41) is 12.3. The van der Waals surface area contributed by atoms with Gasteiger partial charge in [0.05, 0.1) is 6.10 Å². The molecule has 0 fully saturated rings. The molecule has 1 aromatic heterocycles. The summed E-state index contributed by atoms with van der Waals surface area (Å²) in [6.07, 6.45) is 1.83. The minimum Gasteiger partial charge on any atom is -0.387 e. The lowest BCUT2D eigenvalue weighted by Crippen LogP contribution is -2.28. The zero-order valence-electron chi connectivity index (χ0n) is 10.4. The molecule has 1 amide bonds. The van der Waals surface area contributed by atoms with Crippen LogP contribution < -0.4 is 5.32 Å². The summed E-state index contributed by atoms with van der Waals surface area (Å²) in [6.45, 7) is -0.105. The molecule has 4 nitrogen and oxygen atoms in total. The summed E-state index contributed by atoms with van der Waals surface area (Å²) in [5.74, 6) is -2.40. The molecule has 0 aliphatic heterocycles. The predicted molar refractivity (Wildman–Crippen MR) is 67.9 cm³/mol. The molecule has 0 spiro atoms. The van der Waals surface area contributed by atoms with E-state index in [0.717, 1.165) is 12.1 Å². The van der Waals surface area contributed by atoms with E-state index < -0.39 is 17.7 Å². The van der Waals surface area contributed by atoms with E-state index in [1.54, 1.807) is 0 Å². The highest BCUT2D eigenvalue weighted by Crippen LogP contribution is 2.15. The fraction of sp³-hybridized carbons (Fsp3) is 0.143. The number of nitrogens with one attached hydrogen (secondary N) is 1. The number of hydrogen-bond acceptors (Lipinski definition) is 3. The van der Waals surface area contributed by atoms with Gasteiger partial charge in [-0.15, -0.1) is 0 Å². The quantitative estimate of drug-likeness (QED) is 0.896. The topological polar surface area (TPSA) is 62.2 Å². The first-order chi connectivity index (χ1) is 9.58. The van der Waals surface area contributed by atoms with Crippen molar-refractivity contribution < 1.29 is 18.7 Å². The van der Waals surface area contributed by atoms with Crippen LogP contribution in [0.2, 0.25) is 0 Å². The van der Waals surface area contributed by atoms with Crippen LogP contribution in [0.1, 0.15) is 22.0 Å². The summed E-state index contributed by atoms with van der Waals surface area (Å²) in [6, 6.07) is 6.15. The number of aliphatic hydroxyl groups excluding tert-OH is 1. The second-order valence-corrected chi connectivity index (χ2v) is 4.14. The Morgan fingerprint density at radius 2 is 1.90 bits per heavy atom. The molecule has 0 aliphatic carbocycles. The van der Waals surface area contributed by atoms with Gasteiger partial charge in [-0.05, 0) is 29.8 Å². The van der Waals surface area contributed by atoms with Crippen LogP contribution >= 0.6 is 0 Å². The molecule has 1 aromatic carbocycles. The van der Waals surface area contributed by atoms with Crippen LogP contribution in [-0.2, 0) is 0 Å². The molecule has 104 valence electrons. The van der Waals surface area contributed by atoms with E-state index in [-0.39, 0.29) is 18.0 Å². The largest absolute Gasteiger partial charge is 0.387 e. The Labute approximate surface area is 114 Å². The highest BCUT2D eigenvalue weighted by molar-refractivity contribution is 5.93. The minimum absolute atomic E-state index is 0.105. The van der Waals surface area contributed by atoms with Crippen LogP contribution in [0.25, 0.3) is 0 Å². The summed E-state index contributed by atoms with van der Waals surface area (Å²) in [7, 11) is 0. The number of carbonyl (C=O) groups is 1. The molecule has 0 bridgehead atoms. The molecular formula is C14H12F2N2O2. The van der Waals surface area contributed by atoms with E-state index >= 15 is 0 Å². The lowest BCUT2D eigenvalue weighted by atomic mass is 10.1. The van der Waals surface area contributed by atoms with Crippen molar-refractivity contribution in [1.29, 1.82) is 0 Å². The molecule has 20 heavy (non-hydrogen) atoms. The van der Waals surface area contributed by atoms with Crippen molar-refractivity contribution in [1.82, 2.24) is 10.3 Å². The molecule has 1 heterocycles. The third-order valence-electron chi connectivity index (χ3n) is 2.73. The van der Waals surface area contributed by atoms with Crippen molar-refractivity contribution in [3.05, 3.63) is 65.5 Å². The first-order valence-electron chi connectivity index (χ1n) is 5.89. The Bertz CT molecular complexity index is 605. The number of amides is 1. The van der Waals surface area contributed by atoms with Gasteiger partial charge in [0.1, 0.15) is 0 Å². The van der Waals surface area contributed by atoms with Gasteiger partial charge in [0.2, 0.25) is 0 Å². The Hall–Kier alpha value is -2.34. The summed E-state index contributed by atoms with van der Waals surface area (Å²) >= 11 is 0. The highest BCUT2D eigenvalue weighted by Gasteiger charge is 2.12. The average Bonchev–Trinajstić information content (AvgIpc) is 2.48. The summed E-state index contributed by atoms with van der Waals surface area (Å²) in [4.78, 5) is 15.5. The van der Waals surface area contributed by atoms with Crippen molar-refractivity contribution in [3.63, 3.8) is 0 Å². The molecule has 2 rings (SSSR count). The van der Waals surface area contributed by atoms with Gasteiger partial charge in [-0.1, -0.05) is 6.07 Å². The lowest BCUT2D eigenvalue weighted by molar-refractivity contribution is 0.0916. The van der Waals surface area contributed by atoms with Crippen LogP contribution in [0.3, 0.4) is 0 Å². The monoisotopic (exact) mass is 278 g/mol. The Morgan fingerprint density at radius 1 is 1.20 bits per heavy atom. The zero-order valence-corrected chi connectivity index (χ0v) is 10.4. The van der Waals surface area contributed by atoms with E-state index in [0.29, 0.717) is 5.56 Å². The smallest absolute Gasteiger partial charge is 0.251 e. The molecule has 2 N–H and O–H groups in total. The molecule has 0 saturated heterocycles. The highest BCUT2D eigenvalue weighted by atomic mass is 19.2. The Morgan fingerprint density at radius 3 is 2.55 bits per heavy atom. The Kier molecular flexibility index (Phi) is 4.37. The maximum absolute atomic E-state index is 13.0. The zero-order chi connectivity index (χ0) is 14.5. The number of pyridine rings is 1. The van der Waals surface area contributed by atoms with Gasteiger partial charge in [-0.3, -0.25) is 9.78 Å². The molecule has 0 aliphatic rings. The number of hydrogen-bond donors (Lipinski definition) is 2. The van der Waals surface area contributed by atoms with Gasteiger partial charge in [0.25, 0.3) is 5.91 Å². The van der Waals surface area contributed by atoms with E-state index in [9.17, 15) is 18.7 Å². The molecular weight excluding hydrogens is 266 g/mol. The van der Waals surface area contributed by atoms with Gasteiger partial charge in [-0.25, -0.2) is 8.78 Å². The minimum atomic E-state index is -1.11. The van der Waals surface area contributed by atoms with E-state index in [1.165, 1.54) is 30.6 Å². The maximum atomic E-state index is 13.0. The van der Waals surface area contributed by atoms with E-state index in [4.69, 9.17) is 0 Å². The molecule has 6 heteroatoms. The van der Waals surface area contributed by atoms with Crippen LogP contribution in [0, 0.1) is 11.6 Å². The first-order valence-corrected chi connectivity index (χ1v) is 5.89. The van der Waals surface area contributed by atoms with Crippen LogP contribution in [0.5, 0.6) is 0 Å². The summed E-state index contributed by atoms with van der Waals surface area (Å²) in [5.41, 5.74) is 0.594. The number of rotatable bonds is 4. The fourth-order valence-corrected chi connectivity index (χ4v) is 1.63. The van der Waals surface area contributed by atoms with Gasteiger partial charge in [0.15, 0.2) is 11.6 Å². The number of benzene rings is 1. The third-order valence-corrected chi connectivity index (χ3v) is 2.73. The third kappa shape index (κ3) is 3.36. The average molecular weight is 278 g/mol. The second-order valence-electron chi connectivity index (χ2n) is 4.14. The maximum Gasteiger partial charge on any atom is 0.251 e. The SMILES string of the molecule is O=C(NCC(O)c1ccc(F)c(F)c1)c1ccncc1. The molecule has 1 unspecified atom stereocenters. The number of aromatic nitrogens is 1. The van der Waals surface area contributed by atoms with Crippen molar-refractivity contribution in [2.24, 2.45) is 0 Å². The van der Waals surface area contributed by atoms with E-state index in [2.05, 4.69) is 10.3 Å². The normalized spacial score (nSPS) is 11.9. The van der Waals surface area contributed by atoms with Gasteiger partial charge < -0.3 is 10.4 Å². The number of nitrogens with zero attached hydrogens (tertiary/aromatic N) is 1. The second kappa shape index (κ2) is 6.21. The van der Waals surface area contributed by atoms with Crippen LogP contribution in [0.15, 0.2) is 42.7 Å². The van der Waals surface area contributed by atoms with Crippen molar-refractivity contribution in [2.45, 2.75) is 6.10 Å². The van der Waals surface area contributed by atoms with Gasteiger partial charge in [0, 0.05) is 24.5 Å². The fourth-order valence-electron chi connectivity index (χ4n) is 1.63. The van der Waals surface area contributed by atoms with Crippen LogP contribution in [0.4, 0.5) is 8.78 Å². The molecule has 2 aromatic rings. The standard InChI is InChI=1S/C14H12F2N2O2/c15-11-2-1-10(7-12(11)16)13(19)8-18-14(20)9-3-5-17-6-4-9/h1-7,13,19H,8H2,(H,18,20). The van der Waals surface area contributed by atoms with Gasteiger partial charge in [-0.2, -0.15) is 0 Å². The number of carbonyl (C=O) groups excluding carboxylic acids is 1. The summed E-state index contributed by atoms with van der Waals surface area (Å²) < 4.78 is 25.8. The predicted octanol–water partition coefficient (Wildman–Crippen LogP) is 1.82.